The van der Waals surface area contributed by atoms with Gasteiger partial charge in [0.05, 0.1) is 23.1 Å². The van der Waals surface area contributed by atoms with E-state index >= 15 is 0 Å². The van der Waals surface area contributed by atoms with Crippen molar-refractivity contribution >= 4 is 22.3 Å². The Morgan fingerprint density at radius 2 is 2.29 bits per heavy atom. The second-order valence-corrected chi connectivity index (χ2v) is 4.85. The fourth-order valence-electron chi connectivity index (χ4n) is 2.28. The molecule has 0 saturated heterocycles. The smallest absolute Gasteiger partial charge is 0.0672 e. The molecule has 2 aromatic rings. The molecule has 0 amide bonds. The number of nitrogens with zero attached hydrogens (tertiary/aromatic N) is 2. The molecular weight excluding hydrogens is 212 g/mol. The van der Waals surface area contributed by atoms with Gasteiger partial charge in [-0.2, -0.15) is 5.10 Å². The van der Waals surface area contributed by atoms with E-state index < -0.39 is 0 Å². The highest BCUT2D eigenvalue weighted by molar-refractivity contribution is 5.88. The van der Waals surface area contributed by atoms with Crippen molar-refractivity contribution in [3.05, 3.63) is 18.3 Å². The highest BCUT2D eigenvalue weighted by atomic mass is 15.1. The quantitative estimate of drug-likeness (QED) is 0.793. The van der Waals surface area contributed by atoms with Crippen molar-refractivity contribution in [2.75, 3.05) is 23.7 Å². The van der Waals surface area contributed by atoms with Gasteiger partial charge >= 0.3 is 0 Å². The predicted molar refractivity (Wildman–Crippen MR) is 71.1 cm³/mol. The molecule has 0 atom stereocenters. The van der Waals surface area contributed by atoms with Crippen LogP contribution >= 0.6 is 0 Å². The van der Waals surface area contributed by atoms with Crippen molar-refractivity contribution in [2.45, 2.75) is 19.8 Å². The third-order valence-corrected chi connectivity index (χ3v) is 3.49. The summed E-state index contributed by atoms with van der Waals surface area (Å²) < 4.78 is 0. The lowest BCUT2D eigenvalue weighted by atomic mass is 10.2. The third kappa shape index (κ3) is 1.95. The van der Waals surface area contributed by atoms with E-state index in [-0.39, 0.29) is 0 Å². The van der Waals surface area contributed by atoms with E-state index in [4.69, 9.17) is 5.73 Å². The van der Waals surface area contributed by atoms with E-state index in [0.29, 0.717) is 0 Å². The van der Waals surface area contributed by atoms with Crippen molar-refractivity contribution in [3.8, 4) is 0 Å². The number of nitrogen functional groups attached to an aromatic ring is 1. The third-order valence-electron chi connectivity index (χ3n) is 3.49. The minimum absolute atomic E-state index is 0.849. The molecule has 0 aliphatic heterocycles. The monoisotopic (exact) mass is 230 g/mol. The summed E-state index contributed by atoms with van der Waals surface area (Å²) in [5, 5.41) is 8.12. The minimum atomic E-state index is 0.849. The van der Waals surface area contributed by atoms with E-state index in [9.17, 15) is 0 Å². The van der Waals surface area contributed by atoms with Crippen LogP contribution < -0.4 is 10.6 Å². The zero-order valence-corrected chi connectivity index (χ0v) is 10.1. The van der Waals surface area contributed by atoms with Crippen LogP contribution in [-0.2, 0) is 0 Å². The Bertz CT molecular complexity index is 527. The van der Waals surface area contributed by atoms with Crippen molar-refractivity contribution in [3.63, 3.8) is 0 Å². The van der Waals surface area contributed by atoms with Crippen molar-refractivity contribution < 1.29 is 0 Å². The Morgan fingerprint density at radius 1 is 1.47 bits per heavy atom. The van der Waals surface area contributed by atoms with Crippen LogP contribution in [0, 0.1) is 5.92 Å². The summed E-state index contributed by atoms with van der Waals surface area (Å²) in [4.78, 5) is 2.37. The maximum absolute atomic E-state index is 6.14. The number of nitrogens with two attached hydrogens (primary N) is 1. The van der Waals surface area contributed by atoms with E-state index in [1.54, 1.807) is 0 Å². The first kappa shape index (κ1) is 10.4. The predicted octanol–water partition coefficient (Wildman–Crippen LogP) is 2.38. The summed E-state index contributed by atoms with van der Waals surface area (Å²) in [5.74, 6) is 0.867. The molecule has 90 valence electrons. The van der Waals surface area contributed by atoms with E-state index in [0.717, 1.165) is 41.3 Å². The maximum Gasteiger partial charge on any atom is 0.0672 e. The first-order valence-corrected chi connectivity index (χ1v) is 6.25. The fourth-order valence-corrected chi connectivity index (χ4v) is 2.28. The van der Waals surface area contributed by atoms with Crippen LogP contribution in [0.25, 0.3) is 10.9 Å². The minimum Gasteiger partial charge on any atom is -0.397 e. The zero-order valence-electron chi connectivity index (χ0n) is 10.1. The summed E-state index contributed by atoms with van der Waals surface area (Å²) in [6.45, 7) is 4.31. The summed E-state index contributed by atoms with van der Waals surface area (Å²) in [6, 6.07) is 4.12. The fraction of sp³-hybridized carbons (Fsp3) is 0.462. The number of aromatic nitrogens is 2. The topological polar surface area (TPSA) is 57.9 Å². The largest absolute Gasteiger partial charge is 0.397 e. The highest BCUT2D eigenvalue weighted by Crippen LogP contribution is 2.34. The van der Waals surface area contributed by atoms with Gasteiger partial charge in [-0.3, -0.25) is 5.10 Å². The summed E-state index contributed by atoms with van der Waals surface area (Å²) >= 11 is 0. The molecule has 3 rings (SSSR count). The van der Waals surface area contributed by atoms with Crippen LogP contribution in [0.5, 0.6) is 0 Å². The molecule has 0 spiro atoms. The van der Waals surface area contributed by atoms with E-state index in [1.807, 2.05) is 12.3 Å². The first-order chi connectivity index (χ1) is 8.28. The summed E-state index contributed by atoms with van der Waals surface area (Å²) in [6.07, 6.45) is 4.54. The number of nitrogens with one attached hydrogen (secondary N) is 1. The van der Waals surface area contributed by atoms with Gasteiger partial charge in [0.1, 0.15) is 0 Å². The molecule has 4 nitrogen and oxygen atoms in total. The van der Waals surface area contributed by atoms with Crippen LogP contribution in [0.3, 0.4) is 0 Å². The molecule has 1 fully saturated rings. The normalized spacial score (nSPS) is 15.4. The van der Waals surface area contributed by atoms with E-state index in [1.165, 1.54) is 12.8 Å². The number of rotatable bonds is 4. The molecule has 1 aromatic heterocycles. The van der Waals surface area contributed by atoms with Crippen LogP contribution in [-0.4, -0.2) is 23.3 Å². The van der Waals surface area contributed by atoms with E-state index in [2.05, 4.69) is 28.1 Å². The number of anilines is 2. The molecule has 17 heavy (non-hydrogen) atoms. The first-order valence-electron chi connectivity index (χ1n) is 6.25. The van der Waals surface area contributed by atoms with Gasteiger partial charge in [-0.15, -0.1) is 0 Å². The van der Waals surface area contributed by atoms with Gasteiger partial charge in [-0.05, 0) is 37.8 Å². The molecule has 1 heterocycles. The van der Waals surface area contributed by atoms with Gasteiger partial charge in [0.15, 0.2) is 0 Å². The number of aromatic amines is 1. The summed E-state index contributed by atoms with van der Waals surface area (Å²) in [7, 11) is 0. The van der Waals surface area contributed by atoms with Gasteiger partial charge in [0.2, 0.25) is 0 Å². The SMILES string of the molecule is CCN(CC1CC1)c1cc2[nH]ncc2cc1N. The van der Waals surface area contributed by atoms with Gasteiger partial charge < -0.3 is 10.6 Å². The van der Waals surface area contributed by atoms with Gasteiger partial charge in [-0.25, -0.2) is 0 Å². The molecule has 1 aliphatic rings. The maximum atomic E-state index is 6.14. The molecule has 0 bridgehead atoms. The molecule has 4 heteroatoms. The molecule has 0 radical (unpaired) electrons. The number of hydrogen-bond acceptors (Lipinski definition) is 3. The second-order valence-electron chi connectivity index (χ2n) is 4.85. The van der Waals surface area contributed by atoms with Crippen LogP contribution in [0.1, 0.15) is 19.8 Å². The Morgan fingerprint density at radius 3 is 3.00 bits per heavy atom. The van der Waals surface area contributed by atoms with Crippen molar-refractivity contribution in [1.29, 1.82) is 0 Å². The molecule has 0 unspecified atom stereocenters. The molecule has 1 aliphatic carbocycles. The average molecular weight is 230 g/mol. The van der Waals surface area contributed by atoms with Crippen LogP contribution in [0.4, 0.5) is 11.4 Å². The Kier molecular flexibility index (Phi) is 2.42. The van der Waals surface area contributed by atoms with Gasteiger partial charge in [-0.1, -0.05) is 0 Å². The van der Waals surface area contributed by atoms with Crippen LogP contribution in [0.2, 0.25) is 0 Å². The Hall–Kier alpha value is -1.71. The van der Waals surface area contributed by atoms with Crippen LogP contribution in [0.15, 0.2) is 18.3 Å². The summed E-state index contributed by atoms with van der Waals surface area (Å²) in [5.41, 5.74) is 9.18. The van der Waals surface area contributed by atoms with Gasteiger partial charge in [0.25, 0.3) is 0 Å². The standard InChI is InChI=1S/C13H18N4/c1-2-17(8-9-3-4-9)13-6-12-10(5-11(13)14)7-15-16-12/h5-7,9H,2-4,8,14H2,1H3,(H,15,16). The lowest BCUT2D eigenvalue weighted by molar-refractivity contribution is 0.743. The molecular formula is C13H18N4. The number of benzene rings is 1. The molecule has 1 saturated carbocycles. The number of H-pyrrole nitrogens is 1. The van der Waals surface area contributed by atoms with Crippen molar-refractivity contribution in [2.24, 2.45) is 5.92 Å². The average Bonchev–Trinajstić information content (AvgIpc) is 3.03. The molecule has 1 aromatic carbocycles. The highest BCUT2D eigenvalue weighted by Gasteiger charge is 2.24. The lowest BCUT2D eigenvalue weighted by Crippen LogP contribution is -2.26. The zero-order chi connectivity index (χ0) is 11.8. The van der Waals surface area contributed by atoms with Gasteiger partial charge in [0, 0.05) is 18.5 Å². The Balaban J connectivity index is 1.97. The number of hydrogen-bond donors (Lipinski definition) is 2. The van der Waals surface area contributed by atoms with Crippen molar-refractivity contribution in [1.82, 2.24) is 10.2 Å². The molecule has 3 N–H and O–H groups in total. The Labute approximate surface area is 101 Å². The lowest BCUT2D eigenvalue weighted by Gasteiger charge is -2.24. The second kappa shape index (κ2) is 3.95. The number of fused-ring (bicyclic) bond motifs is 1.